The van der Waals surface area contributed by atoms with Crippen molar-refractivity contribution in [2.24, 2.45) is 0 Å². The maximum atomic E-state index is 14.8. The summed E-state index contributed by atoms with van der Waals surface area (Å²) in [6.45, 7) is 11.4. The van der Waals surface area contributed by atoms with Crippen LogP contribution in [-0.4, -0.2) is 74.7 Å². The van der Waals surface area contributed by atoms with Crippen molar-refractivity contribution in [1.82, 2.24) is 24.3 Å². The lowest BCUT2D eigenvalue weighted by Crippen LogP contribution is -2.50. The van der Waals surface area contributed by atoms with Crippen LogP contribution < -0.4 is 4.90 Å². The number of amides is 1. The lowest BCUT2D eigenvalue weighted by molar-refractivity contribution is 0.0240. The molecule has 0 aliphatic carbocycles. The van der Waals surface area contributed by atoms with Gasteiger partial charge in [0.05, 0.1) is 17.8 Å². The Labute approximate surface area is 225 Å². The van der Waals surface area contributed by atoms with Crippen molar-refractivity contribution in [2.45, 2.75) is 40.2 Å². The highest BCUT2D eigenvalue weighted by Gasteiger charge is 2.27. The van der Waals surface area contributed by atoms with Crippen LogP contribution in [0.5, 0.6) is 0 Å². The van der Waals surface area contributed by atoms with E-state index in [4.69, 9.17) is 9.47 Å². The fourth-order valence-corrected chi connectivity index (χ4v) is 4.57. The molecule has 11 heteroatoms. The van der Waals surface area contributed by atoms with Gasteiger partial charge in [0, 0.05) is 55.2 Å². The monoisotopic (exact) mass is 534 g/mol. The van der Waals surface area contributed by atoms with Crippen molar-refractivity contribution in [1.29, 1.82) is 0 Å². The second kappa shape index (κ2) is 10.1. The number of nitrogens with zero attached hydrogens (tertiary/aromatic N) is 6. The smallest absolute Gasteiger partial charge is 0.410 e. The number of benzene rings is 1. The van der Waals surface area contributed by atoms with Gasteiger partial charge in [-0.2, -0.15) is 0 Å². The normalized spacial score (nSPS) is 14.2. The Morgan fingerprint density at radius 1 is 1.03 bits per heavy atom. The number of carbonyl (C=O) groups excluding carboxylic acids is 2. The first-order valence-corrected chi connectivity index (χ1v) is 12.9. The molecule has 1 aliphatic rings. The molecule has 1 aliphatic heterocycles. The molecule has 3 aromatic heterocycles. The first-order chi connectivity index (χ1) is 18.5. The predicted molar refractivity (Wildman–Crippen MR) is 144 cm³/mol. The molecule has 39 heavy (non-hydrogen) atoms. The van der Waals surface area contributed by atoms with Crippen LogP contribution in [0, 0.1) is 12.7 Å². The van der Waals surface area contributed by atoms with Crippen LogP contribution in [0.3, 0.4) is 0 Å². The standard InChI is InChI=1S/C28H31FN6O4/c1-6-38-26(36)23-20-14-19(33-9-11-34(12-10-33)27(37)39-28(3,4)5)7-8-22(20)31-24(32-23)18-13-21(29)25-30-17(2)15-35(25)16-18/h7-8,13-16H,6,9-12H2,1-5H3. The van der Waals surface area contributed by atoms with Gasteiger partial charge < -0.3 is 23.7 Å². The van der Waals surface area contributed by atoms with Gasteiger partial charge in [0.15, 0.2) is 23.0 Å². The van der Waals surface area contributed by atoms with E-state index in [2.05, 4.69) is 19.9 Å². The quantitative estimate of drug-likeness (QED) is 0.350. The summed E-state index contributed by atoms with van der Waals surface area (Å²) in [5.74, 6) is -0.891. The van der Waals surface area contributed by atoms with Crippen molar-refractivity contribution < 1.29 is 23.5 Å². The highest BCUT2D eigenvalue weighted by molar-refractivity contribution is 6.03. The van der Waals surface area contributed by atoms with E-state index in [0.29, 0.717) is 48.3 Å². The van der Waals surface area contributed by atoms with E-state index in [1.54, 1.807) is 35.5 Å². The van der Waals surface area contributed by atoms with Crippen molar-refractivity contribution in [2.75, 3.05) is 37.7 Å². The van der Waals surface area contributed by atoms with Gasteiger partial charge >= 0.3 is 12.1 Å². The van der Waals surface area contributed by atoms with Crippen LogP contribution in [0.2, 0.25) is 0 Å². The summed E-state index contributed by atoms with van der Waals surface area (Å²) in [6.07, 6.45) is 3.07. The molecule has 1 fully saturated rings. The number of ether oxygens (including phenoxy) is 2. The van der Waals surface area contributed by atoms with Crippen molar-refractivity contribution >= 4 is 34.3 Å². The predicted octanol–water partition coefficient (Wildman–Crippen LogP) is 4.63. The average Bonchev–Trinajstić information content (AvgIpc) is 3.27. The summed E-state index contributed by atoms with van der Waals surface area (Å²) in [5, 5.41) is 0.532. The fraction of sp³-hybridized carbons (Fsp3) is 0.393. The number of fused-ring (bicyclic) bond motifs is 2. The third kappa shape index (κ3) is 5.47. The van der Waals surface area contributed by atoms with E-state index in [1.807, 2.05) is 39.0 Å². The molecule has 5 rings (SSSR count). The van der Waals surface area contributed by atoms with E-state index < -0.39 is 17.4 Å². The van der Waals surface area contributed by atoms with Gasteiger partial charge in [0.2, 0.25) is 0 Å². The zero-order valence-electron chi connectivity index (χ0n) is 22.7. The van der Waals surface area contributed by atoms with Crippen molar-refractivity contribution in [3.8, 4) is 11.4 Å². The second-order valence-electron chi connectivity index (χ2n) is 10.5. The third-order valence-corrected chi connectivity index (χ3v) is 6.33. The molecule has 0 N–H and O–H groups in total. The minimum absolute atomic E-state index is 0.105. The number of rotatable bonds is 4. The number of aromatic nitrogens is 4. The number of aryl methyl sites for hydroxylation is 1. The molecule has 204 valence electrons. The van der Waals surface area contributed by atoms with Gasteiger partial charge in [0.1, 0.15) is 5.60 Å². The number of carbonyl (C=O) groups is 2. The summed E-state index contributed by atoms with van der Waals surface area (Å²) >= 11 is 0. The number of esters is 1. The Kier molecular flexibility index (Phi) is 6.83. The molecule has 4 heterocycles. The summed E-state index contributed by atoms with van der Waals surface area (Å²) < 4.78 is 27.2. The molecule has 0 unspecified atom stereocenters. The first-order valence-electron chi connectivity index (χ1n) is 12.9. The van der Waals surface area contributed by atoms with E-state index in [1.165, 1.54) is 6.07 Å². The molecule has 0 saturated carbocycles. The van der Waals surface area contributed by atoms with Gasteiger partial charge in [-0.05, 0) is 58.9 Å². The largest absolute Gasteiger partial charge is 0.461 e. The summed E-state index contributed by atoms with van der Waals surface area (Å²) in [4.78, 5) is 42.6. The molecule has 0 radical (unpaired) electrons. The zero-order valence-corrected chi connectivity index (χ0v) is 22.7. The van der Waals surface area contributed by atoms with Gasteiger partial charge in [-0.25, -0.2) is 28.9 Å². The van der Waals surface area contributed by atoms with Crippen LogP contribution in [0.1, 0.15) is 43.9 Å². The Morgan fingerprint density at radius 3 is 2.46 bits per heavy atom. The lowest BCUT2D eigenvalue weighted by atomic mass is 10.1. The highest BCUT2D eigenvalue weighted by atomic mass is 19.1. The van der Waals surface area contributed by atoms with Gasteiger partial charge in [-0.3, -0.25) is 0 Å². The summed E-state index contributed by atoms with van der Waals surface area (Å²) in [5.41, 5.74) is 2.25. The topological polar surface area (TPSA) is 102 Å². The number of hydrogen-bond acceptors (Lipinski definition) is 8. The minimum Gasteiger partial charge on any atom is -0.461 e. The Morgan fingerprint density at radius 2 is 1.77 bits per heavy atom. The maximum absolute atomic E-state index is 14.8. The number of hydrogen-bond donors (Lipinski definition) is 0. The van der Waals surface area contributed by atoms with Crippen molar-refractivity contribution in [3.63, 3.8) is 0 Å². The molecule has 1 amide bonds. The number of pyridine rings is 1. The van der Waals surface area contributed by atoms with E-state index in [-0.39, 0.29) is 29.9 Å². The Balaban J connectivity index is 1.48. The van der Waals surface area contributed by atoms with Crippen LogP contribution in [-0.2, 0) is 9.47 Å². The molecule has 0 atom stereocenters. The van der Waals surface area contributed by atoms with Crippen LogP contribution in [0.15, 0.2) is 36.7 Å². The fourth-order valence-electron chi connectivity index (χ4n) is 4.57. The lowest BCUT2D eigenvalue weighted by Gasteiger charge is -2.36. The number of anilines is 1. The zero-order chi connectivity index (χ0) is 27.9. The van der Waals surface area contributed by atoms with E-state index in [0.717, 1.165) is 5.69 Å². The molecular weight excluding hydrogens is 503 g/mol. The van der Waals surface area contributed by atoms with E-state index in [9.17, 15) is 14.0 Å². The summed E-state index contributed by atoms with van der Waals surface area (Å²) in [6, 6.07) is 6.91. The van der Waals surface area contributed by atoms with Crippen molar-refractivity contribution in [3.05, 3.63) is 53.9 Å². The van der Waals surface area contributed by atoms with Gasteiger partial charge in [0.25, 0.3) is 0 Å². The second-order valence-corrected chi connectivity index (χ2v) is 10.5. The number of halogens is 1. The van der Waals surface area contributed by atoms with E-state index >= 15 is 0 Å². The summed E-state index contributed by atoms with van der Waals surface area (Å²) in [7, 11) is 0. The average molecular weight is 535 g/mol. The van der Waals surface area contributed by atoms with Crippen LogP contribution >= 0.6 is 0 Å². The SMILES string of the molecule is CCOC(=O)c1nc(-c2cc(F)c3nc(C)cn3c2)nc2ccc(N3CCN(C(=O)OC(C)(C)C)CC3)cc12. The molecule has 4 aromatic rings. The number of piperazine rings is 1. The first kappa shape index (κ1) is 26.3. The maximum Gasteiger partial charge on any atom is 0.410 e. The Hall–Kier alpha value is -4.28. The van der Waals surface area contributed by atoms with Crippen LogP contribution in [0.4, 0.5) is 14.9 Å². The molecular formula is C28H31FN6O4. The highest BCUT2D eigenvalue weighted by Crippen LogP contribution is 2.28. The molecule has 10 nitrogen and oxygen atoms in total. The van der Waals surface area contributed by atoms with Gasteiger partial charge in [-0.15, -0.1) is 0 Å². The van der Waals surface area contributed by atoms with Gasteiger partial charge in [-0.1, -0.05) is 0 Å². The molecule has 0 spiro atoms. The third-order valence-electron chi connectivity index (χ3n) is 6.33. The number of imidazole rings is 1. The molecule has 0 bridgehead atoms. The molecule has 1 aromatic carbocycles. The Bertz CT molecular complexity index is 1570. The minimum atomic E-state index is -0.585. The van der Waals surface area contributed by atoms with Crippen LogP contribution in [0.25, 0.3) is 27.9 Å². The molecule has 1 saturated heterocycles.